The molecule has 1 aromatic heterocycles. The second-order valence-electron chi connectivity index (χ2n) is 4.39. The lowest BCUT2D eigenvalue weighted by Crippen LogP contribution is -2.26. The fourth-order valence-electron chi connectivity index (χ4n) is 1.80. The molecule has 1 N–H and O–H groups in total. The maximum atomic E-state index is 13.2. The third-order valence-corrected chi connectivity index (χ3v) is 2.98. The van der Waals surface area contributed by atoms with Gasteiger partial charge in [0.2, 0.25) is 0 Å². The van der Waals surface area contributed by atoms with Crippen molar-refractivity contribution in [1.82, 2.24) is 9.78 Å². The van der Waals surface area contributed by atoms with Gasteiger partial charge in [-0.3, -0.25) is 9.48 Å². The molecule has 0 amide bonds. The normalized spacial score (nSPS) is 27.1. The van der Waals surface area contributed by atoms with Crippen LogP contribution in [-0.4, -0.2) is 26.8 Å². The zero-order valence-electron chi connectivity index (χ0n) is 8.94. The van der Waals surface area contributed by atoms with E-state index in [9.17, 15) is 13.6 Å². The van der Waals surface area contributed by atoms with E-state index < -0.39 is 23.7 Å². The molecule has 88 valence electrons. The molecule has 0 spiro atoms. The second-order valence-corrected chi connectivity index (χ2v) is 4.39. The molecule has 0 radical (unpaired) electrons. The first-order chi connectivity index (χ1) is 7.31. The molecular formula is C10H12F2N2O2. The minimum atomic E-state index is -3.16. The lowest BCUT2D eigenvalue weighted by atomic mass is 9.99. The van der Waals surface area contributed by atoms with Crippen LogP contribution in [-0.2, 0) is 10.2 Å². The number of hydrogen-bond donors (Lipinski definition) is 1. The Morgan fingerprint density at radius 1 is 1.62 bits per heavy atom. The van der Waals surface area contributed by atoms with E-state index in [1.165, 1.54) is 17.1 Å². The maximum absolute atomic E-state index is 13.2. The zero-order chi connectivity index (χ0) is 12.1. The van der Waals surface area contributed by atoms with Gasteiger partial charge in [-0.05, 0) is 13.8 Å². The first-order valence-electron chi connectivity index (χ1n) is 4.97. The van der Waals surface area contributed by atoms with E-state index in [1.54, 1.807) is 0 Å². The van der Waals surface area contributed by atoms with Crippen LogP contribution in [0.5, 0.6) is 0 Å². The van der Waals surface area contributed by atoms with Crippen LogP contribution in [0.4, 0.5) is 8.78 Å². The number of rotatable bonds is 3. The van der Waals surface area contributed by atoms with Crippen LogP contribution >= 0.6 is 0 Å². The molecule has 1 atom stereocenters. The van der Waals surface area contributed by atoms with Gasteiger partial charge in [0.25, 0.3) is 5.92 Å². The van der Waals surface area contributed by atoms with Crippen molar-refractivity contribution in [3.63, 3.8) is 0 Å². The van der Waals surface area contributed by atoms with E-state index in [4.69, 9.17) is 5.11 Å². The minimum absolute atomic E-state index is 0.0203. The molecule has 1 unspecified atom stereocenters. The van der Waals surface area contributed by atoms with Gasteiger partial charge in [-0.15, -0.1) is 0 Å². The number of aliphatic carboxylic acids is 1. The molecule has 16 heavy (non-hydrogen) atoms. The second kappa shape index (κ2) is 3.02. The van der Waals surface area contributed by atoms with Gasteiger partial charge in [0.15, 0.2) is 5.41 Å². The third kappa shape index (κ3) is 1.25. The summed E-state index contributed by atoms with van der Waals surface area (Å²) in [5.41, 5.74) is -1.97. The van der Waals surface area contributed by atoms with Crippen molar-refractivity contribution in [2.75, 3.05) is 0 Å². The monoisotopic (exact) mass is 230 g/mol. The number of hydrogen-bond acceptors (Lipinski definition) is 2. The molecule has 4 nitrogen and oxygen atoms in total. The van der Waals surface area contributed by atoms with E-state index in [1.807, 2.05) is 13.8 Å². The Hall–Kier alpha value is -1.46. The molecule has 1 saturated carbocycles. The van der Waals surface area contributed by atoms with Crippen LogP contribution in [0.3, 0.4) is 0 Å². The Morgan fingerprint density at radius 3 is 2.50 bits per heavy atom. The Kier molecular flexibility index (Phi) is 2.09. The van der Waals surface area contributed by atoms with Crippen LogP contribution in [0.2, 0.25) is 0 Å². The van der Waals surface area contributed by atoms with Gasteiger partial charge >= 0.3 is 5.97 Å². The largest absolute Gasteiger partial charge is 0.480 e. The fraction of sp³-hybridized carbons (Fsp3) is 0.600. The lowest BCUT2D eigenvalue weighted by molar-refractivity contribution is -0.142. The smallest absolute Gasteiger partial charge is 0.320 e. The molecule has 0 aliphatic heterocycles. The minimum Gasteiger partial charge on any atom is -0.480 e. The average Bonchev–Trinajstić information content (AvgIpc) is 2.61. The van der Waals surface area contributed by atoms with Gasteiger partial charge in [-0.2, -0.15) is 5.10 Å². The highest BCUT2D eigenvalue weighted by Crippen LogP contribution is 2.61. The van der Waals surface area contributed by atoms with E-state index >= 15 is 0 Å². The van der Waals surface area contributed by atoms with Crippen molar-refractivity contribution < 1.29 is 18.7 Å². The summed E-state index contributed by atoms with van der Waals surface area (Å²) in [6.07, 6.45) is 1.97. The average molecular weight is 230 g/mol. The molecule has 2 rings (SSSR count). The van der Waals surface area contributed by atoms with E-state index in [0.29, 0.717) is 0 Å². The molecule has 1 aliphatic carbocycles. The van der Waals surface area contributed by atoms with Crippen LogP contribution in [0.15, 0.2) is 12.4 Å². The van der Waals surface area contributed by atoms with E-state index in [2.05, 4.69) is 5.10 Å². The van der Waals surface area contributed by atoms with E-state index in [-0.39, 0.29) is 11.6 Å². The quantitative estimate of drug-likeness (QED) is 0.861. The SMILES string of the molecule is CC(C)n1cc(C2(C(=O)O)CC2(F)F)cn1. The molecule has 1 aliphatic rings. The van der Waals surface area contributed by atoms with E-state index in [0.717, 1.165) is 0 Å². The summed E-state index contributed by atoms with van der Waals surface area (Å²) in [6.45, 7) is 3.69. The molecule has 1 fully saturated rings. The summed E-state index contributed by atoms with van der Waals surface area (Å²) in [6, 6.07) is 0.0203. The van der Waals surface area contributed by atoms with Crippen molar-refractivity contribution in [3.05, 3.63) is 18.0 Å². The van der Waals surface area contributed by atoms with Crippen LogP contribution in [0.25, 0.3) is 0 Å². The van der Waals surface area contributed by atoms with Gasteiger partial charge in [-0.1, -0.05) is 0 Å². The first-order valence-corrected chi connectivity index (χ1v) is 4.97. The summed E-state index contributed by atoms with van der Waals surface area (Å²) >= 11 is 0. The third-order valence-electron chi connectivity index (χ3n) is 2.98. The van der Waals surface area contributed by atoms with Crippen molar-refractivity contribution in [3.8, 4) is 0 Å². The number of alkyl halides is 2. The predicted octanol–water partition coefficient (Wildman–Crippen LogP) is 1.83. The molecule has 1 aromatic rings. The summed E-state index contributed by atoms with van der Waals surface area (Å²) in [7, 11) is 0. The van der Waals surface area contributed by atoms with Gasteiger partial charge in [0.05, 0.1) is 6.20 Å². The Morgan fingerprint density at radius 2 is 2.19 bits per heavy atom. The highest BCUT2D eigenvalue weighted by Gasteiger charge is 2.77. The van der Waals surface area contributed by atoms with Gasteiger partial charge in [0, 0.05) is 24.2 Å². The Labute approximate surface area is 90.9 Å². The molecule has 1 heterocycles. The summed E-state index contributed by atoms with van der Waals surface area (Å²) in [4.78, 5) is 11.0. The lowest BCUT2D eigenvalue weighted by Gasteiger charge is -2.08. The van der Waals surface area contributed by atoms with Crippen molar-refractivity contribution in [1.29, 1.82) is 0 Å². The summed E-state index contributed by atoms with van der Waals surface area (Å²) < 4.78 is 27.8. The number of aromatic nitrogens is 2. The predicted molar refractivity (Wildman–Crippen MR) is 51.5 cm³/mol. The molecule has 6 heteroatoms. The molecule has 0 bridgehead atoms. The summed E-state index contributed by atoms with van der Waals surface area (Å²) in [5.74, 6) is -4.65. The van der Waals surface area contributed by atoms with Crippen LogP contribution in [0.1, 0.15) is 31.9 Å². The van der Waals surface area contributed by atoms with Crippen molar-refractivity contribution in [2.45, 2.75) is 37.6 Å². The highest BCUT2D eigenvalue weighted by atomic mass is 19.3. The molecule has 0 aromatic carbocycles. The Bertz CT molecular complexity index is 442. The molecule has 0 saturated heterocycles. The fourth-order valence-corrected chi connectivity index (χ4v) is 1.80. The van der Waals surface area contributed by atoms with Gasteiger partial charge in [0.1, 0.15) is 0 Å². The first kappa shape index (κ1) is 11.0. The van der Waals surface area contributed by atoms with Crippen LogP contribution < -0.4 is 0 Å². The standard InChI is InChI=1S/C10H12F2N2O2/c1-6(2)14-4-7(3-13-14)9(8(15)16)5-10(9,11)12/h3-4,6H,5H2,1-2H3,(H,15,16). The number of carbonyl (C=O) groups is 1. The van der Waals surface area contributed by atoms with Crippen molar-refractivity contribution >= 4 is 5.97 Å². The number of carboxylic acids is 1. The number of carboxylic acid groups (broad SMARTS) is 1. The van der Waals surface area contributed by atoms with Gasteiger partial charge < -0.3 is 5.11 Å². The van der Waals surface area contributed by atoms with Crippen molar-refractivity contribution in [2.24, 2.45) is 0 Å². The topological polar surface area (TPSA) is 55.1 Å². The van der Waals surface area contributed by atoms with Gasteiger partial charge in [-0.25, -0.2) is 8.78 Å². The number of halogens is 2. The number of nitrogens with zero attached hydrogens (tertiary/aromatic N) is 2. The zero-order valence-corrected chi connectivity index (χ0v) is 8.94. The highest BCUT2D eigenvalue weighted by molar-refractivity contribution is 5.87. The summed E-state index contributed by atoms with van der Waals surface area (Å²) in [5, 5.41) is 12.8. The Balaban J connectivity index is 2.40. The maximum Gasteiger partial charge on any atom is 0.320 e. The van der Waals surface area contributed by atoms with Crippen LogP contribution in [0, 0.1) is 0 Å². The molecular weight excluding hydrogens is 218 g/mol.